The monoisotopic (exact) mass is 118 g/mol. The summed E-state index contributed by atoms with van der Waals surface area (Å²) >= 11 is 0. The van der Waals surface area contributed by atoms with E-state index in [4.69, 9.17) is 0 Å². The molecule has 0 aromatic rings. The van der Waals surface area contributed by atoms with Gasteiger partial charge in [-0.25, -0.2) is 8.78 Å². The lowest BCUT2D eigenvalue weighted by molar-refractivity contribution is 0.199. The lowest BCUT2D eigenvalue weighted by Gasteiger charge is -1.96. The molecule has 0 saturated heterocycles. The van der Waals surface area contributed by atoms with Crippen LogP contribution in [0.1, 0.15) is 12.8 Å². The molecule has 1 rings (SSSR count). The fourth-order valence-electron chi connectivity index (χ4n) is 0.891. The summed E-state index contributed by atoms with van der Waals surface area (Å²) in [5, 5.41) is 0. The molecule has 0 aromatic heterocycles. The third-order valence-electron chi connectivity index (χ3n) is 1.36. The van der Waals surface area contributed by atoms with Crippen molar-refractivity contribution in [1.82, 2.24) is 0 Å². The van der Waals surface area contributed by atoms with Gasteiger partial charge in [-0.3, -0.25) is 0 Å². The van der Waals surface area contributed by atoms with E-state index in [0.29, 0.717) is 5.57 Å². The molecule has 1 fully saturated rings. The van der Waals surface area contributed by atoms with Crippen LogP contribution in [0, 0.1) is 0 Å². The second-order valence-corrected chi connectivity index (χ2v) is 2.19. The lowest BCUT2D eigenvalue weighted by Crippen LogP contribution is -2.06. The van der Waals surface area contributed by atoms with Gasteiger partial charge in [0.05, 0.1) is 0 Å². The fraction of sp³-hybridized carbons (Fsp3) is 0.667. The van der Waals surface area contributed by atoms with Crippen molar-refractivity contribution >= 4 is 0 Å². The summed E-state index contributed by atoms with van der Waals surface area (Å²) in [6.07, 6.45) is -2.10. The zero-order valence-corrected chi connectivity index (χ0v) is 4.53. The minimum atomic E-state index is -1.28. The average Bonchev–Trinajstić information content (AvgIpc) is 1.85. The Morgan fingerprint density at radius 1 is 1.25 bits per heavy atom. The number of allylic oxidation sites excluding steroid dienone is 1. The smallest absolute Gasteiger partial charge is 0.135 e. The first kappa shape index (κ1) is 5.73. The predicted octanol–water partition coefficient (Wildman–Crippen LogP) is 2.01. The van der Waals surface area contributed by atoms with Gasteiger partial charge in [0, 0.05) is 12.8 Å². The Labute approximate surface area is 47.2 Å². The van der Waals surface area contributed by atoms with Gasteiger partial charge in [-0.1, -0.05) is 12.2 Å². The van der Waals surface area contributed by atoms with Crippen LogP contribution in [0.25, 0.3) is 0 Å². The summed E-state index contributed by atoms with van der Waals surface area (Å²) in [6.45, 7) is 3.48. The molecule has 0 nitrogen and oxygen atoms in total. The van der Waals surface area contributed by atoms with Gasteiger partial charge in [0.15, 0.2) is 0 Å². The second kappa shape index (κ2) is 1.84. The highest BCUT2D eigenvalue weighted by Crippen LogP contribution is 2.28. The summed E-state index contributed by atoms with van der Waals surface area (Å²) in [4.78, 5) is 0. The third-order valence-corrected chi connectivity index (χ3v) is 1.36. The summed E-state index contributed by atoms with van der Waals surface area (Å²) in [5.41, 5.74) is 0.699. The molecule has 0 heterocycles. The maximum absolute atomic E-state index is 12.1. The first-order valence-electron chi connectivity index (χ1n) is 2.65. The Hall–Kier alpha value is -0.400. The van der Waals surface area contributed by atoms with Gasteiger partial charge in [-0.05, 0) is 0 Å². The topological polar surface area (TPSA) is 0 Å². The summed E-state index contributed by atoms with van der Waals surface area (Å²) in [5.74, 6) is 0. The Morgan fingerprint density at radius 3 is 1.75 bits per heavy atom. The molecule has 0 bridgehead atoms. The molecule has 0 N–H and O–H groups in total. The summed E-state index contributed by atoms with van der Waals surface area (Å²) in [7, 11) is 0. The summed E-state index contributed by atoms with van der Waals surface area (Å²) < 4.78 is 24.3. The Balaban J connectivity index is 2.51. The van der Waals surface area contributed by atoms with Gasteiger partial charge in [0.1, 0.15) is 12.3 Å². The molecule has 2 unspecified atom stereocenters. The first-order chi connectivity index (χ1) is 3.70. The minimum absolute atomic E-state index is 0.223. The molecule has 0 spiro atoms. The first-order valence-corrected chi connectivity index (χ1v) is 2.65. The van der Waals surface area contributed by atoms with E-state index >= 15 is 0 Å². The Kier molecular flexibility index (Phi) is 1.32. The van der Waals surface area contributed by atoms with E-state index < -0.39 is 12.3 Å². The standard InChI is InChI=1S/C6H8F2/c1-4-2-5(7)6(8)3-4/h5-6H,1-3H2. The van der Waals surface area contributed by atoms with Crippen LogP contribution in [-0.4, -0.2) is 12.3 Å². The highest BCUT2D eigenvalue weighted by molar-refractivity contribution is 5.07. The Bertz CT molecular complexity index is 97.1. The van der Waals surface area contributed by atoms with Crippen LogP contribution in [0.2, 0.25) is 0 Å². The van der Waals surface area contributed by atoms with E-state index in [9.17, 15) is 8.78 Å². The van der Waals surface area contributed by atoms with Crippen LogP contribution in [0.3, 0.4) is 0 Å². The van der Waals surface area contributed by atoms with E-state index in [1.165, 1.54) is 0 Å². The van der Waals surface area contributed by atoms with Crippen molar-refractivity contribution in [2.24, 2.45) is 0 Å². The fourth-order valence-corrected chi connectivity index (χ4v) is 0.891. The van der Waals surface area contributed by atoms with Gasteiger partial charge in [-0.15, -0.1) is 0 Å². The molecule has 1 aliphatic rings. The minimum Gasteiger partial charge on any atom is -0.244 e. The van der Waals surface area contributed by atoms with Crippen LogP contribution in [-0.2, 0) is 0 Å². The second-order valence-electron chi connectivity index (χ2n) is 2.19. The maximum Gasteiger partial charge on any atom is 0.135 e. The molecule has 1 saturated carbocycles. The van der Waals surface area contributed by atoms with Crippen LogP contribution in [0.5, 0.6) is 0 Å². The van der Waals surface area contributed by atoms with Crippen LogP contribution in [0.4, 0.5) is 8.78 Å². The average molecular weight is 118 g/mol. The molecule has 1 aliphatic carbocycles. The van der Waals surface area contributed by atoms with Crippen molar-refractivity contribution in [2.75, 3.05) is 0 Å². The van der Waals surface area contributed by atoms with Crippen molar-refractivity contribution in [3.63, 3.8) is 0 Å². The van der Waals surface area contributed by atoms with Crippen molar-refractivity contribution in [3.05, 3.63) is 12.2 Å². The van der Waals surface area contributed by atoms with E-state index in [1.807, 2.05) is 0 Å². The molecule has 8 heavy (non-hydrogen) atoms. The number of hydrogen-bond donors (Lipinski definition) is 0. The quantitative estimate of drug-likeness (QED) is 0.427. The van der Waals surface area contributed by atoms with Gasteiger partial charge in [0.25, 0.3) is 0 Å². The number of halogens is 2. The van der Waals surface area contributed by atoms with Gasteiger partial charge in [0.2, 0.25) is 0 Å². The number of rotatable bonds is 0. The van der Waals surface area contributed by atoms with Gasteiger partial charge in [-0.2, -0.15) is 0 Å². The number of hydrogen-bond acceptors (Lipinski definition) is 0. The van der Waals surface area contributed by atoms with Crippen molar-refractivity contribution < 1.29 is 8.78 Å². The molecule has 0 aliphatic heterocycles. The molecule has 0 radical (unpaired) electrons. The van der Waals surface area contributed by atoms with E-state index in [0.717, 1.165) is 0 Å². The highest BCUT2D eigenvalue weighted by Gasteiger charge is 2.28. The van der Waals surface area contributed by atoms with Crippen LogP contribution >= 0.6 is 0 Å². The normalized spacial score (nSPS) is 38.5. The lowest BCUT2D eigenvalue weighted by atomic mass is 10.3. The van der Waals surface area contributed by atoms with Gasteiger partial charge >= 0.3 is 0 Å². The zero-order chi connectivity index (χ0) is 6.15. The molecular formula is C6H8F2. The number of alkyl halides is 2. The highest BCUT2D eigenvalue weighted by atomic mass is 19.2. The van der Waals surface area contributed by atoms with Gasteiger partial charge < -0.3 is 0 Å². The SMILES string of the molecule is C=C1CC(F)C(F)C1. The third kappa shape index (κ3) is 0.881. The molecule has 2 atom stereocenters. The molecule has 46 valence electrons. The zero-order valence-electron chi connectivity index (χ0n) is 4.53. The van der Waals surface area contributed by atoms with E-state index in [-0.39, 0.29) is 12.8 Å². The summed E-state index contributed by atoms with van der Waals surface area (Å²) in [6, 6.07) is 0. The Morgan fingerprint density at radius 2 is 1.62 bits per heavy atom. The van der Waals surface area contributed by atoms with E-state index in [1.54, 1.807) is 0 Å². The maximum atomic E-state index is 12.1. The molecule has 0 aromatic carbocycles. The predicted molar refractivity (Wildman–Crippen MR) is 28.2 cm³/mol. The molecular weight excluding hydrogens is 110 g/mol. The van der Waals surface area contributed by atoms with E-state index in [2.05, 4.69) is 6.58 Å². The van der Waals surface area contributed by atoms with Crippen molar-refractivity contribution in [2.45, 2.75) is 25.2 Å². The van der Waals surface area contributed by atoms with Crippen LogP contribution < -0.4 is 0 Å². The molecule has 0 amide bonds. The van der Waals surface area contributed by atoms with Crippen LogP contribution in [0.15, 0.2) is 12.2 Å². The molecule has 2 heteroatoms. The van der Waals surface area contributed by atoms with Crippen molar-refractivity contribution in [1.29, 1.82) is 0 Å². The largest absolute Gasteiger partial charge is 0.244 e. The van der Waals surface area contributed by atoms with Crippen molar-refractivity contribution in [3.8, 4) is 0 Å².